The van der Waals surface area contributed by atoms with Crippen LogP contribution in [0.15, 0.2) is 59.5 Å². The molecule has 27 heavy (non-hydrogen) atoms. The average Bonchev–Trinajstić information content (AvgIpc) is 3.42. The SMILES string of the molecule is Cl.NCCNS(=O)(=O)c1cccc(NC(=O)C2(Cc3ccccc3)CC2)c1. The molecule has 1 amide bonds. The van der Waals surface area contributed by atoms with Gasteiger partial charge in [0.05, 0.1) is 10.3 Å². The van der Waals surface area contributed by atoms with Gasteiger partial charge in [-0.25, -0.2) is 13.1 Å². The number of benzene rings is 2. The van der Waals surface area contributed by atoms with Gasteiger partial charge in [-0.15, -0.1) is 12.4 Å². The van der Waals surface area contributed by atoms with Crippen LogP contribution in [0.25, 0.3) is 0 Å². The Bertz CT molecular complexity index is 884. The number of nitrogens with two attached hydrogens (primary N) is 1. The normalized spacial score (nSPS) is 14.9. The predicted molar refractivity (Wildman–Crippen MR) is 108 cm³/mol. The highest BCUT2D eigenvalue weighted by Gasteiger charge is 2.49. The molecule has 1 saturated carbocycles. The molecule has 0 heterocycles. The van der Waals surface area contributed by atoms with E-state index >= 15 is 0 Å². The van der Waals surface area contributed by atoms with Gasteiger partial charge >= 0.3 is 0 Å². The number of anilines is 1. The first-order valence-electron chi connectivity index (χ1n) is 8.60. The summed E-state index contributed by atoms with van der Waals surface area (Å²) in [6.45, 7) is 0.386. The summed E-state index contributed by atoms with van der Waals surface area (Å²) in [5.41, 5.74) is 6.55. The molecule has 0 aromatic heterocycles. The third kappa shape index (κ3) is 5.29. The lowest BCUT2D eigenvalue weighted by Gasteiger charge is -2.16. The Morgan fingerprint density at radius 2 is 1.78 bits per heavy atom. The first-order chi connectivity index (χ1) is 12.5. The number of hydrogen-bond donors (Lipinski definition) is 3. The smallest absolute Gasteiger partial charge is 0.240 e. The summed E-state index contributed by atoms with van der Waals surface area (Å²) in [5, 5.41) is 2.88. The number of carbonyl (C=O) groups excluding carboxylic acids is 1. The van der Waals surface area contributed by atoms with Crippen molar-refractivity contribution in [1.29, 1.82) is 0 Å². The fourth-order valence-corrected chi connectivity index (χ4v) is 4.00. The summed E-state index contributed by atoms with van der Waals surface area (Å²) in [6.07, 6.45) is 2.36. The zero-order valence-electron chi connectivity index (χ0n) is 14.9. The number of hydrogen-bond acceptors (Lipinski definition) is 4. The summed E-state index contributed by atoms with van der Waals surface area (Å²) < 4.78 is 26.8. The summed E-state index contributed by atoms with van der Waals surface area (Å²) in [7, 11) is -3.63. The highest BCUT2D eigenvalue weighted by Crippen LogP contribution is 2.49. The number of sulfonamides is 1. The van der Waals surface area contributed by atoms with Crippen LogP contribution in [0, 0.1) is 5.41 Å². The molecule has 0 unspecified atom stereocenters. The monoisotopic (exact) mass is 409 g/mol. The molecule has 1 aliphatic carbocycles. The molecular weight excluding hydrogens is 386 g/mol. The molecule has 1 aliphatic rings. The molecule has 3 rings (SSSR count). The highest BCUT2D eigenvalue weighted by atomic mass is 35.5. The Kier molecular flexibility index (Phi) is 7.00. The van der Waals surface area contributed by atoms with Crippen molar-refractivity contribution in [2.45, 2.75) is 24.2 Å². The number of carbonyl (C=O) groups is 1. The van der Waals surface area contributed by atoms with Crippen molar-refractivity contribution in [3.8, 4) is 0 Å². The van der Waals surface area contributed by atoms with Gasteiger partial charge in [0.25, 0.3) is 0 Å². The van der Waals surface area contributed by atoms with Crippen LogP contribution in [0.1, 0.15) is 18.4 Å². The van der Waals surface area contributed by atoms with E-state index in [0.29, 0.717) is 12.1 Å². The van der Waals surface area contributed by atoms with Gasteiger partial charge in [0, 0.05) is 18.8 Å². The molecule has 4 N–H and O–H groups in total. The van der Waals surface area contributed by atoms with Gasteiger partial charge in [-0.2, -0.15) is 0 Å². The molecule has 8 heteroatoms. The van der Waals surface area contributed by atoms with Crippen molar-refractivity contribution >= 4 is 34.0 Å². The van der Waals surface area contributed by atoms with Gasteiger partial charge in [-0.05, 0) is 43.0 Å². The number of rotatable bonds is 8. The van der Waals surface area contributed by atoms with E-state index < -0.39 is 15.4 Å². The minimum atomic E-state index is -3.63. The summed E-state index contributed by atoms with van der Waals surface area (Å²) >= 11 is 0. The molecule has 0 atom stereocenters. The Morgan fingerprint density at radius 3 is 2.41 bits per heavy atom. The maximum atomic E-state index is 12.7. The van der Waals surface area contributed by atoms with E-state index in [2.05, 4.69) is 10.0 Å². The lowest BCUT2D eigenvalue weighted by Crippen LogP contribution is -2.29. The number of nitrogens with one attached hydrogen (secondary N) is 2. The molecule has 146 valence electrons. The van der Waals surface area contributed by atoms with Gasteiger partial charge in [0.1, 0.15) is 0 Å². The van der Waals surface area contributed by atoms with Crippen molar-refractivity contribution in [1.82, 2.24) is 4.72 Å². The minimum absolute atomic E-state index is 0. The van der Waals surface area contributed by atoms with Crippen molar-refractivity contribution in [2.24, 2.45) is 11.1 Å². The largest absolute Gasteiger partial charge is 0.329 e. The standard InChI is InChI=1S/C19H23N3O3S.ClH/c20-11-12-21-26(24,25)17-8-4-7-16(13-17)22-18(23)19(9-10-19)14-15-5-2-1-3-6-15;/h1-8,13,21H,9-12,14,20H2,(H,22,23);1H. The Labute approximate surface area is 166 Å². The zero-order valence-corrected chi connectivity index (χ0v) is 16.5. The molecule has 1 fully saturated rings. The molecule has 0 spiro atoms. The molecule has 2 aromatic carbocycles. The van der Waals surface area contributed by atoms with Crippen LogP contribution >= 0.6 is 12.4 Å². The Morgan fingerprint density at radius 1 is 1.07 bits per heavy atom. The van der Waals surface area contributed by atoms with E-state index in [1.807, 2.05) is 30.3 Å². The maximum Gasteiger partial charge on any atom is 0.240 e. The number of amides is 1. The topological polar surface area (TPSA) is 101 Å². The van der Waals surface area contributed by atoms with Crippen LogP contribution in [0.5, 0.6) is 0 Å². The molecule has 0 radical (unpaired) electrons. The molecule has 0 bridgehead atoms. The highest BCUT2D eigenvalue weighted by molar-refractivity contribution is 7.89. The first kappa shape index (κ1) is 21.4. The second-order valence-electron chi connectivity index (χ2n) is 6.61. The van der Waals surface area contributed by atoms with Crippen LogP contribution in [0.3, 0.4) is 0 Å². The third-order valence-electron chi connectivity index (χ3n) is 4.56. The van der Waals surface area contributed by atoms with Crippen LogP contribution in [0.4, 0.5) is 5.69 Å². The van der Waals surface area contributed by atoms with Crippen molar-refractivity contribution in [3.63, 3.8) is 0 Å². The molecular formula is C19H24ClN3O3S. The summed E-state index contributed by atoms with van der Waals surface area (Å²) in [6, 6.07) is 16.2. The average molecular weight is 410 g/mol. The zero-order chi connectivity index (χ0) is 18.6. The van der Waals surface area contributed by atoms with Crippen LogP contribution < -0.4 is 15.8 Å². The molecule has 2 aromatic rings. The van der Waals surface area contributed by atoms with Crippen molar-refractivity contribution in [3.05, 3.63) is 60.2 Å². The van der Waals surface area contributed by atoms with E-state index in [0.717, 1.165) is 18.4 Å². The van der Waals surface area contributed by atoms with Crippen molar-refractivity contribution < 1.29 is 13.2 Å². The van der Waals surface area contributed by atoms with Gasteiger partial charge in [-0.1, -0.05) is 36.4 Å². The van der Waals surface area contributed by atoms with E-state index in [4.69, 9.17) is 5.73 Å². The Balaban J connectivity index is 0.00000261. The lowest BCUT2D eigenvalue weighted by molar-refractivity contribution is -0.121. The summed E-state index contributed by atoms with van der Waals surface area (Å²) in [5.74, 6) is -0.0641. The van der Waals surface area contributed by atoms with Gasteiger partial charge < -0.3 is 11.1 Å². The van der Waals surface area contributed by atoms with Gasteiger partial charge in [0.15, 0.2) is 0 Å². The van der Waals surface area contributed by atoms with E-state index in [-0.39, 0.29) is 36.3 Å². The van der Waals surface area contributed by atoms with E-state index in [1.165, 1.54) is 12.1 Å². The fraction of sp³-hybridized carbons (Fsp3) is 0.316. The quantitative estimate of drug-likeness (QED) is 0.622. The second kappa shape index (κ2) is 8.84. The summed E-state index contributed by atoms with van der Waals surface area (Å²) in [4.78, 5) is 12.8. The van der Waals surface area contributed by atoms with Gasteiger partial charge in [-0.3, -0.25) is 4.79 Å². The third-order valence-corrected chi connectivity index (χ3v) is 6.02. The fourth-order valence-electron chi connectivity index (χ4n) is 2.90. The second-order valence-corrected chi connectivity index (χ2v) is 8.38. The van der Waals surface area contributed by atoms with Crippen LogP contribution in [0.2, 0.25) is 0 Å². The first-order valence-corrected chi connectivity index (χ1v) is 10.1. The van der Waals surface area contributed by atoms with E-state index in [9.17, 15) is 13.2 Å². The molecule has 0 aliphatic heterocycles. The predicted octanol–water partition coefficient (Wildman–Crippen LogP) is 2.31. The molecule has 0 saturated heterocycles. The van der Waals surface area contributed by atoms with E-state index in [1.54, 1.807) is 12.1 Å². The Hall–Kier alpha value is -1.93. The maximum absolute atomic E-state index is 12.7. The lowest BCUT2D eigenvalue weighted by atomic mass is 9.95. The molecule has 6 nitrogen and oxygen atoms in total. The van der Waals surface area contributed by atoms with Gasteiger partial charge in [0.2, 0.25) is 15.9 Å². The number of halogens is 1. The van der Waals surface area contributed by atoms with Crippen LogP contribution in [-0.2, 0) is 21.2 Å². The van der Waals surface area contributed by atoms with Crippen molar-refractivity contribution in [2.75, 3.05) is 18.4 Å². The van der Waals surface area contributed by atoms with Crippen LogP contribution in [-0.4, -0.2) is 27.4 Å². The minimum Gasteiger partial charge on any atom is -0.329 e.